The molecule has 0 aromatic heterocycles. The van der Waals surface area contributed by atoms with Gasteiger partial charge in [-0.2, -0.15) is 0 Å². The monoisotopic (exact) mass is 355 g/mol. The van der Waals surface area contributed by atoms with Crippen molar-refractivity contribution in [1.82, 2.24) is 0 Å². The van der Waals surface area contributed by atoms with Crippen LogP contribution in [0.4, 0.5) is 0 Å². The number of aromatic hydroxyl groups is 1. The fourth-order valence-electron chi connectivity index (χ4n) is 2.02. The van der Waals surface area contributed by atoms with Crippen molar-refractivity contribution < 1.29 is 28.8 Å². The van der Waals surface area contributed by atoms with E-state index in [1.165, 1.54) is 24.9 Å². The first-order chi connectivity index (χ1) is 11.7. The van der Waals surface area contributed by atoms with Gasteiger partial charge in [-0.1, -0.05) is 0 Å². The second-order valence-corrected chi connectivity index (χ2v) is 5.93. The van der Waals surface area contributed by atoms with Crippen LogP contribution in [0.15, 0.2) is 23.2 Å². The fourth-order valence-corrected chi connectivity index (χ4v) is 3.08. The number of esters is 1. The highest BCUT2D eigenvalue weighted by atomic mass is 32.2. The highest BCUT2D eigenvalue weighted by Gasteiger charge is 2.27. The summed E-state index contributed by atoms with van der Waals surface area (Å²) in [6.07, 6.45) is 0. The molecule has 7 nitrogen and oxygen atoms in total. The molecule has 1 heterocycles. The Morgan fingerprint density at radius 1 is 1.29 bits per heavy atom. The van der Waals surface area contributed by atoms with E-state index in [2.05, 4.69) is 9.73 Å². The van der Waals surface area contributed by atoms with Gasteiger partial charge in [0.15, 0.2) is 6.04 Å². The molecule has 1 aliphatic heterocycles. The molecule has 0 saturated carbocycles. The molecule has 1 aromatic carbocycles. The molecular formula is C16H21NO6S. The first kappa shape index (κ1) is 18.6. The van der Waals surface area contributed by atoms with Gasteiger partial charge in [-0.25, -0.2) is 4.79 Å². The molecule has 1 N–H and O–H groups in total. The summed E-state index contributed by atoms with van der Waals surface area (Å²) in [5.41, 5.74) is 0.579. The van der Waals surface area contributed by atoms with Crippen LogP contribution in [0, 0.1) is 0 Å². The van der Waals surface area contributed by atoms with E-state index >= 15 is 0 Å². The molecule has 24 heavy (non-hydrogen) atoms. The lowest BCUT2D eigenvalue weighted by molar-refractivity contribution is -0.141. The zero-order valence-electron chi connectivity index (χ0n) is 13.7. The minimum atomic E-state index is -0.519. The molecule has 1 aliphatic rings. The molecule has 0 saturated heterocycles. The van der Waals surface area contributed by atoms with E-state index < -0.39 is 6.04 Å². The molecule has 0 unspecified atom stereocenters. The fraction of sp³-hybridized carbons (Fsp3) is 0.500. The molecular weight excluding hydrogens is 334 g/mol. The van der Waals surface area contributed by atoms with Crippen molar-refractivity contribution in [2.75, 3.05) is 46.4 Å². The summed E-state index contributed by atoms with van der Waals surface area (Å²) in [6.45, 7) is 1.88. The second kappa shape index (κ2) is 9.51. The van der Waals surface area contributed by atoms with Crippen molar-refractivity contribution in [1.29, 1.82) is 0 Å². The predicted molar refractivity (Wildman–Crippen MR) is 91.1 cm³/mol. The third kappa shape index (κ3) is 5.12. The second-order valence-electron chi connectivity index (χ2n) is 4.92. The number of carbonyl (C=O) groups is 1. The van der Waals surface area contributed by atoms with Crippen molar-refractivity contribution in [2.45, 2.75) is 6.04 Å². The van der Waals surface area contributed by atoms with Gasteiger partial charge in [0, 0.05) is 24.5 Å². The van der Waals surface area contributed by atoms with Crippen LogP contribution in [0.3, 0.4) is 0 Å². The predicted octanol–water partition coefficient (Wildman–Crippen LogP) is 1.47. The summed E-state index contributed by atoms with van der Waals surface area (Å²) in [6, 6.07) is 4.48. The zero-order chi connectivity index (χ0) is 17.4. The molecule has 0 bridgehead atoms. The molecule has 0 aliphatic carbocycles. The summed E-state index contributed by atoms with van der Waals surface area (Å²) in [5, 5.41) is 10.8. The molecule has 0 radical (unpaired) electrons. The van der Waals surface area contributed by atoms with Crippen molar-refractivity contribution in [3.63, 3.8) is 0 Å². The van der Waals surface area contributed by atoms with E-state index in [-0.39, 0.29) is 11.7 Å². The Labute approximate surface area is 145 Å². The average molecular weight is 355 g/mol. The first-order valence-electron chi connectivity index (χ1n) is 7.47. The van der Waals surface area contributed by atoms with Gasteiger partial charge in [0.1, 0.15) is 23.1 Å². The molecule has 0 spiro atoms. The largest absolute Gasteiger partial charge is 0.507 e. The van der Waals surface area contributed by atoms with Crippen molar-refractivity contribution >= 4 is 22.8 Å². The van der Waals surface area contributed by atoms with Crippen LogP contribution < -0.4 is 4.74 Å². The standard InChI is InChI=1S/C16H21NO6S/c1-20-5-6-22-7-8-23-11-3-4-12(14(18)9-11)15-17-13(10-24-15)16(19)21-2/h3-4,9,13,18H,5-8,10H2,1-2H3/t13-/m1/s1. The van der Waals surface area contributed by atoms with E-state index in [1.807, 2.05) is 0 Å². The van der Waals surface area contributed by atoms with Crippen LogP contribution in [0.1, 0.15) is 5.56 Å². The number of hydrogen-bond acceptors (Lipinski definition) is 8. The van der Waals surface area contributed by atoms with Gasteiger partial charge in [-0.3, -0.25) is 4.99 Å². The minimum absolute atomic E-state index is 0.0598. The third-order valence-electron chi connectivity index (χ3n) is 3.25. The maximum atomic E-state index is 11.5. The molecule has 2 rings (SSSR count). The number of hydrogen-bond donors (Lipinski definition) is 1. The SMILES string of the molecule is COCCOCCOc1ccc(C2=N[C@@H](C(=O)OC)CS2)c(O)c1. The molecule has 0 amide bonds. The maximum absolute atomic E-state index is 11.5. The van der Waals surface area contributed by atoms with Gasteiger partial charge in [0.05, 0.1) is 26.9 Å². The average Bonchev–Trinajstić information content (AvgIpc) is 3.07. The maximum Gasteiger partial charge on any atom is 0.331 e. The van der Waals surface area contributed by atoms with E-state index in [4.69, 9.17) is 14.2 Å². The normalized spacial score (nSPS) is 16.8. The van der Waals surface area contributed by atoms with Crippen LogP contribution >= 0.6 is 11.8 Å². The number of ether oxygens (including phenoxy) is 4. The molecule has 0 fully saturated rings. The number of aliphatic imine (C=N–C) groups is 1. The lowest BCUT2D eigenvalue weighted by Gasteiger charge is -2.09. The first-order valence-corrected chi connectivity index (χ1v) is 8.45. The van der Waals surface area contributed by atoms with Crippen LogP contribution in [-0.4, -0.2) is 68.6 Å². The van der Waals surface area contributed by atoms with Gasteiger partial charge in [-0.15, -0.1) is 11.8 Å². The summed E-state index contributed by atoms with van der Waals surface area (Å²) >= 11 is 1.41. The number of methoxy groups -OCH3 is 2. The Kier molecular flexibility index (Phi) is 7.36. The van der Waals surface area contributed by atoms with Crippen molar-refractivity contribution in [2.24, 2.45) is 4.99 Å². The van der Waals surface area contributed by atoms with E-state index in [0.717, 1.165) is 0 Å². The highest BCUT2D eigenvalue weighted by Crippen LogP contribution is 2.31. The summed E-state index contributed by atoms with van der Waals surface area (Å²) in [5.74, 6) is 0.744. The lowest BCUT2D eigenvalue weighted by atomic mass is 10.2. The third-order valence-corrected chi connectivity index (χ3v) is 4.33. The number of phenols is 1. The Morgan fingerprint density at radius 2 is 2.08 bits per heavy atom. The Balaban J connectivity index is 1.89. The van der Waals surface area contributed by atoms with Gasteiger partial charge >= 0.3 is 5.97 Å². The Bertz CT molecular complexity index is 592. The minimum Gasteiger partial charge on any atom is -0.507 e. The number of phenolic OH excluding ortho intramolecular Hbond substituents is 1. The molecule has 132 valence electrons. The summed E-state index contributed by atoms with van der Waals surface area (Å²) in [4.78, 5) is 15.8. The van der Waals surface area contributed by atoms with E-state index in [1.54, 1.807) is 19.2 Å². The van der Waals surface area contributed by atoms with Crippen molar-refractivity contribution in [3.8, 4) is 11.5 Å². The van der Waals surface area contributed by atoms with Crippen LogP contribution in [0.25, 0.3) is 0 Å². The number of carbonyl (C=O) groups excluding carboxylic acids is 1. The quantitative estimate of drug-likeness (QED) is 0.530. The molecule has 1 atom stereocenters. The number of rotatable bonds is 9. The molecule has 1 aromatic rings. The lowest BCUT2D eigenvalue weighted by Crippen LogP contribution is -2.19. The smallest absolute Gasteiger partial charge is 0.331 e. The van der Waals surface area contributed by atoms with Gasteiger partial charge in [0.2, 0.25) is 0 Å². The molecule has 8 heteroatoms. The Morgan fingerprint density at radius 3 is 2.79 bits per heavy atom. The van der Waals surface area contributed by atoms with E-state index in [0.29, 0.717) is 48.5 Å². The van der Waals surface area contributed by atoms with Crippen LogP contribution in [0.2, 0.25) is 0 Å². The van der Waals surface area contributed by atoms with Gasteiger partial charge in [0.25, 0.3) is 0 Å². The van der Waals surface area contributed by atoms with Gasteiger partial charge in [-0.05, 0) is 12.1 Å². The number of thioether (sulfide) groups is 1. The zero-order valence-corrected chi connectivity index (χ0v) is 14.5. The van der Waals surface area contributed by atoms with Crippen LogP contribution in [-0.2, 0) is 19.0 Å². The Hall–Kier alpha value is -1.77. The van der Waals surface area contributed by atoms with E-state index in [9.17, 15) is 9.90 Å². The number of benzene rings is 1. The van der Waals surface area contributed by atoms with Crippen LogP contribution in [0.5, 0.6) is 11.5 Å². The van der Waals surface area contributed by atoms with Gasteiger partial charge < -0.3 is 24.1 Å². The van der Waals surface area contributed by atoms with Crippen molar-refractivity contribution in [3.05, 3.63) is 23.8 Å². The number of nitrogens with zero attached hydrogens (tertiary/aromatic N) is 1. The topological polar surface area (TPSA) is 86.6 Å². The summed E-state index contributed by atoms with van der Waals surface area (Å²) in [7, 11) is 2.95. The highest BCUT2D eigenvalue weighted by molar-refractivity contribution is 8.14. The summed E-state index contributed by atoms with van der Waals surface area (Å²) < 4.78 is 20.4.